The molecule has 4 rings (SSSR count). The molecule has 0 atom stereocenters. The monoisotopic (exact) mass is 477 g/mol. The maximum atomic E-state index is 12.8. The summed E-state index contributed by atoms with van der Waals surface area (Å²) < 4.78 is 30.1. The number of hydrogen-bond acceptors (Lipinski definition) is 4. The highest BCUT2D eigenvalue weighted by atomic mass is 35.5. The Hall–Kier alpha value is -2.00. The van der Waals surface area contributed by atoms with E-state index in [-0.39, 0.29) is 4.90 Å². The van der Waals surface area contributed by atoms with Crippen LogP contribution < -0.4 is 4.80 Å². The first-order valence-electron chi connectivity index (χ1n) is 10.4. The molecule has 1 aromatic heterocycles. The molecule has 0 spiro atoms. The number of fused-ring (bicyclic) bond motifs is 1. The van der Waals surface area contributed by atoms with Crippen molar-refractivity contribution < 1.29 is 13.2 Å². The summed E-state index contributed by atoms with van der Waals surface area (Å²) in [4.78, 5) is 18.0. The molecule has 2 aromatic carbocycles. The fourth-order valence-electron chi connectivity index (χ4n) is 3.75. The topological polar surface area (TPSA) is 71.7 Å². The van der Waals surface area contributed by atoms with Gasteiger partial charge in [-0.1, -0.05) is 36.3 Å². The minimum atomic E-state index is -3.52. The van der Waals surface area contributed by atoms with Crippen molar-refractivity contribution in [1.82, 2.24) is 8.87 Å². The van der Waals surface area contributed by atoms with Crippen LogP contribution in [0.25, 0.3) is 10.2 Å². The number of thiazole rings is 1. The summed E-state index contributed by atoms with van der Waals surface area (Å²) in [5.74, 6) is -0.399. The van der Waals surface area contributed by atoms with Gasteiger partial charge in [0.25, 0.3) is 5.91 Å². The predicted molar refractivity (Wildman–Crippen MR) is 124 cm³/mol. The van der Waals surface area contributed by atoms with Crippen molar-refractivity contribution in [2.24, 2.45) is 4.99 Å². The van der Waals surface area contributed by atoms with E-state index in [1.165, 1.54) is 39.9 Å². The van der Waals surface area contributed by atoms with Crippen LogP contribution in [0.3, 0.4) is 0 Å². The van der Waals surface area contributed by atoms with Crippen molar-refractivity contribution >= 4 is 49.1 Å². The number of sulfonamides is 1. The highest BCUT2D eigenvalue weighted by molar-refractivity contribution is 7.89. The van der Waals surface area contributed by atoms with E-state index in [1.54, 1.807) is 0 Å². The van der Waals surface area contributed by atoms with Gasteiger partial charge in [-0.25, -0.2) is 8.42 Å². The minimum absolute atomic E-state index is 0.212. The molecule has 0 bridgehead atoms. The Morgan fingerprint density at radius 1 is 1.10 bits per heavy atom. The maximum Gasteiger partial charge on any atom is 0.279 e. The third-order valence-corrected chi connectivity index (χ3v) is 8.53. The van der Waals surface area contributed by atoms with E-state index >= 15 is 0 Å². The smallest absolute Gasteiger partial charge is 0.279 e. The minimum Gasteiger partial charge on any atom is -0.316 e. The summed E-state index contributed by atoms with van der Waals surface area (Å²) in [5.41, 5.74) is 1.35. The molecule has 31 heavy (non-hydrogen) atoms. The number of nitrogens with zero attached hydrogens (tertiary/aromatic N) is 3. The maximum absolute atomic E-state index is 12.8. The molecule has 3 aromatic rings. The first-order valence-corrected chi connectivity index (χ1v) is 13.0. The molecule has 164 valence electrons. The van der Waals surface area contributed by atoms with Gasteiger partial charge in [0, 0.05) is 30.2 Å². The average molecular weight is 478 g/mol. The second kappa shape index (κ2) is 9.24. The number of amides is 1. The third-order valence-electron chi connectivity index (χ3n) is 5.34. The normalized spacial score (nSPS) is 16.1. The molecule has 9 heteroatoms. The SMILES string of the molecule is CCCn1c(=NC(=O)c2ccc(S(=O)(=O)N3CCCCC3)cc2)sc2cc(Cl)ccc21. The molecule has 0 saturated carbocycles. The van der Waals surface area contributed by atoms with Gasteiger partial charge in [-0.3, -0.25) is 4.79 Å². The van der Waals surface area contributed by atoms with Crippen LogP contribution in [-0.4, -0.2) is 36.3 Å². The Morgan fingerprint density at radius 3 is 2.48 bits per heavy atom. The molecule has 0 unspecified atom stereocenters. The van der Waals surface area contributed by atoms with Gasteiger partial charge in [-0.2, -0.15) is 9.30 Å². The number of aromatic nitrogens is 1. The van der Waals surface area contributed by atoms with Crippen LogP contribution in [0.4, 0.5) is 0 Å². The number of carbonyl (C=O) groups is 1. The van der Waals surface area contributed by atoms with Crippen LogP contribution in [0.5, 0.6) is 0 Å². The standard InChI is InChI=1S/C22H24ClN3O3S2/c1-2-12-26-19-11-8-17(23)15-20(19)30-22(26)24-21(27)16-6-9-18(10-7-16)31(28,29)25-13-4-3-5-14-25/h6-11,15H,2-5,12-14H2,1H3. The Bertz CT molecular complexity index is 1270. The van der Waals surface area contributed by atoms with Crippen LogP contribution in [0.15, 0.2) is 52.4 Å². The summed E-state index contributed by atoms with van der Waals surface area (Å²) in [5, 5.41) is 0.640. The number of benzene rings is 2. The second-order valence-electron chi connectivity index (χ2n) is 7.55. The van der Waals surface area contributed by atoms with Crippen LogP contribution in [0, 0.1) is 0 Å². The van der Waals surface area contributed by atoms with E-state index in [9.17, 15) is 13.2 Å². The van der Waals surface area contributed by atoms with E-state index in [0.717, 1.165) is 42.4 Å². The number of hydrogen-bond donors (Lipinski definition) is 0. The van der Waals surface area contributed by atoms with Crippen molar-refractivity contribution in [1.29, 1.82) is 0 Å². The second-order valence-corrected chi connectivity index (χ2v) is 10.9. The molecule has 1 fully saturated rings. The van der Waals surface area contributed by atoms with E-state index in [2.05, 4.69) is 11.9 Å². The zero-order valence-corrected chi connectivity index (χ0v) is 19.6. The Morgan fingerprint density at radius 2 is 1.81 bits per heavy atom. The quantitative estimate of drug-likeness (QED) is 0.535. The van der Waals surface area contributed by atoms with Crippen molar-refractivity contribution in [3.63, 3.8) is 0 Å². The Balaban J connectivity index is 1.65. The average Bonchev–Trinajstić information content (AvgIpc) is 3.10. The first kappa shape index (κ1) is 22.2. The van der Waals surface area contributed by atoms with Crippen molar-refractivity contribution in [3.8, 4) is 0 Å². The van der Waals surface area contributed by atoms with Crippen LogP contribution in [0.2, 0.25) is 5.02 Å². The fraction of sp³-hybridized carbons (Fsp3) is 0.364. The molecule has 0 N–H and O–H groups in total. The summed E-state index contributed by atoms with van der Waals surface area (Å²) in [6.45, 7) is 3.90. The van der Waals surface area contributed by atoms with Gasteiger partial charge in [-0.15, -0.1) is 0 Å². The van der Waals surface area contributed by atoms with Crippen molar-refractivity contribution in [2.45, 2.75) is 44.0 Å². The molecule has 0 radical (unpaired) electrons. The number of aryl methyl sites for hydroxylation is 1. The molecule has 1 amide bonds. The van der Waals surface area contributed by atoms with Gasteiger partial charge in [0.15, 0.2) is 4.80 Å². The highest BCUT2D eigenvalue weighted by Gasteiger charge is 2.26. The van der Waals surface area contributed by atoms with E-state index in [4.69, 9.17) is 11.6 Å². The first-order chi connectivity index (χ1) is 14.9. The van der Waals surface area contributed by atoms with Crippen LogP contribution in [-0.2, 0) is 16.6 Å². The number of rotatable bonds is 5. The van der Waals surface area contributed by atoms with Gasteiger partial charge in [0.1, 0.15) is 0 Å². The van der Waals surface area contributed by atoms with Crippen LogP contribution >= 0.6 is 22.9 Å². The molecular weight excluding hydrogens is 454 g/mol. The van der Waals surface area contributed by atoms with Crippen LogP contribution in [0.1, 0.15) is 43.0 Å². The molecule has 0 aliphatic carbocycles. The summed E-state index contributed by atoms with van der Waals surface area (Å²) in [6, 6.07) is 11.7. The lowest BCUT2D eigenvalue weighted by atomic mass is 10.2. The van der Waals surface area contributed by atoms with E-state index in [0.29, 0.717) is 28.5 Å². The largest absolute Gasteiger partial charge is 0.316 e. The van der Waals surface area contributed by atoms with Gasteiger partial charge in [0.2, 0.25) is 10.0 Å². The lowest BCUT2D eigenvalue weighted by Crippen LogP contribution is -2.35. The van der Waals surface area contributed by atoms with E-state index < -0.39 is 15.9 Å². The molecule has 1 saturated heterocycles. The third kappa shape index (κ3) is 4.62. The van der Waals surface area contributed by atoms with Crippen molar-refractivity contribution in [3.05, 3.63) is 57.9 Å². The highest BCUT2D eigenvalue weighted by Crippen LogP contribution is 2.23. The molecule has 1 aliphatic heterocycles. The Labute approximate surface area is 190 Å². The lowest BCUT2D eigenvalue weighted by Gasteiger charge is -2.25. The number of piperidine rings is 1. The lowest BCUT2D eigenvalue weighted by molar-refractivity contribution is 0.0997. The molecule has 2 heterocycles. The summed E-state index contributed by atoms with van der Waals surface area (Å²) in [6.07, 6.45) is 3.72. The zero-order valence-electron chi connectivity index (χ0n) is 17.3. The molecular formula is C22H24ClN3O3S2. The predicted octanol–water partition coefficient (Wildman–Crippen LogP) is 4.68. The van der Waals surface area contributed by atoms with Gasteiger partial charge >= 0.3 is 0 Å². The number of halogens is 1. The van der Waals surface area contributed by atoms with Gasteiger partial charge in [-0.05, 0) is 61.7 Å². The Kier molecular flexibility index (Phi) is 6.62. The summed E-state index contributed by atoms with van der Waals surface area (Å²) in [7, 11) is -3.52. The summed E-state index contributed by atoms with van der Waals surface area (Å²) >= 11 is 7.53. The molecule has 6 nitrogen and oxygen atoms in total. The van der Waals surface area contributed by atoms with E-state index in [1.807, 2.05) is 22.8 Å². The fourth-order valence-corrected chi connectivity index (χ4v) is 6.59. The molecule has 1 aliphatic rings. The zero-order chi connectivity index (χ0) is 22.0. The van der Waals surface area contributed by atoms with Gasteiger partial charge < -0.3 is 4.57 Å². The number of carbonyl (C=O) groups excluding carboxylic acids is 1. The van der Waals surface area contributed by atoms with Crippen molar-refractivity contribution in [2.75, 3.05) is 13.1 Å². The van der Waals surface area contributed by atoms with Gasteiger partial charge in [0.05, 0.1) is 15.1 Å².